The average Bonchev–Trinajstić information content (AvgIpc) is 3.49. The summed E-state index contributed by atoms with van der Waals surface area (Å²) in [6.07, 6.45) is 3.68. The van der Waals surface area contributed by atoms with Crippen LogP contribution in [-0.2, 0) is 0 Å². The van der Waals surface area contributed by atoms with Crippen molar-refractivity contribution in [2.45, 2.75) is 32.9 Å². The highest BCUT2D eigenvalue weighted by Gasteiger charge is 2.42. The van der Waals surface area contributed by atoms with Crippen LogP contribution in [0.1, 0.15) is 40.3 Å². The predicted molar refractivity (Wildman–Crippen MR) is 138 cm³/mol. The Bertz CT molecular complexity index is 1280. The zero-order valence-electron chi connectivity index (χ0n) is 17.9. The summed E-state index contributed by atoms with van der Waals surface area (Å²) in [5.74, 6) is 0. The Balaban J connectivity index is 1.69. The molecule has 0 saturated carbocycles. The van der Waals surface area contributed by atoms with Crippen molar-refractivity contribution in [3.63, 3.8) is 0 Å². The van der Waals surface area contributed by atoms with Gasteiger partial charge in [-0.2, -0.15) is 0 Å². The van der Waals surface area contributed by atoms with Gasteiger partial charge in [-0.25, -0.2) is 4.98 Å². The molecule has 8 heteroatoms. The van der Waals surface area contributed by atoms with Gasteiger partial charge >= 0.3 is 0 Å². The van der Waals surface area contributed by atoms with E-state index in [9.17, 15) is 0 Å². The summed E-state index contributed by atoms with van der Waals surface area (Å²) >= 11 is 11.1. The number of benzene rings is 1. The largest absolute Gasteiger partial charge is 0.351 e. The summed E-state index contributed by atoms with van der Waals surface area (Å²) in [6, 6.07) is 14.5. The van der Waals surface area contributed by atoms with Crippen molar-refractivity contribution < 1.29 is 0 Å². The Labute approximate surface area is 205 Å². The van der Waals surface area contributed by atoms with Gasteiger partial charge in [-0.3, -0.25) is 9.55 Å². The first-order valence-corrected chi connectivity index (χ1v) is 12.4. The summed E-state index contributed by atoms with van der Waals surface area (Å²) in [5.41, 5.74) is 6.71. The third-order valence-corrected chi connectivity index (χ3v) is 7.88. The topological polar surface area (TPSA) is 46.0 Å². The molecule has 32 heavy (non-hydrogen) atoms. The fourth-order valence-electron chi connectivity index (χ4n) is 4.44. The molecular weight excluding hydrogens is 502 g/mol. The molecule has 1 saturated heterocycles. The lowest BCUT2D eigenvalue weighted by molar-refractivity contribution is 0.565. The van der Waals surface area contributed by atoms with Crippen molar-refractivity contribution in [1.29, 1.82) is 0 Å². The highest BCUT2D eigenvalue weighted by Crippen LogP contribution is 2.44. The summed E-state index contributed by atoms with van der Waals surface area (Å²) in [5, 5.41) is 7.23. The first-order valence-electron chi connectivity index (χ1n) is 10.3. The molecule has 0 bridgehead atoms. The van der Waals surface area contributed by atoms with Crippen LogP contribution in [-0.4, -0.2) is 19.6 Å². The maximum absolute atomic E-state index is 5.87. The lowest BCUT2D eigenvalue weighted by Crippen LogP contribution is -2.29. The van der Waals surface area contributed by atoms with E-state index in [1.54, 1.807) is 11.3 Å². The van der Waals surface area contributed by atoms with Gasteiger partial charge in [0.1, 0.15) is 0 Å². The molecule has 5 rings (SSSR count). The van der Waals surface area contributed by atoms with Gasteiger partial charge in [0, 0.05) is 39.3 Å². The second kappa shape index (κ2) is 8.42. The molecule has 162 valence electrons. The minimum atomic E-state index is -0.0714. The normalized spacial score (nSPS) is 18.2. The molecule has 1 aromatic carbocycles. The number of pyridine rings is 1. The smallest absolute Gasteiger partial charge is 0.193 e. The third-order valence-electron chi connectivity index (χ3n) is 5.92. The van der Waals surface area contributed by atoms with Crippen molar-refractivity contribution in [3.8, 4) is 5.13 Å². The number of hydrogen-bond acceptors (Lipinski definition) is 4. The number of nitrogens with zero attached hydrogens (tertiary/aromatic N) is 4. The molecule has 0 aliphatic carbocycles. The number of anilines is 1. The van der Waals surface area contributed by atoms with Crippen LogP contribution in [0.25, 0.3) is 5.13 Å². The van der Waals surface area contributed by atoms with E-state index >= 15 is 0 Å². The van der Waals surface area contributed by atoms with E-state index in [1.807, 2.05) is 29.9 Å². The van der Waals surface area contributed by atoms with Gasteiger partial charge in [0.2, 0.25) is 0 Å². The van der Waals surface area contributed by atoms with E-state index in [1.165, 1.54) is 11.1 Å². The molecule has 0 unspecified atom stereocenters. The minimum Gasteiger partial charge on any atom is -0.351 e. The highest BCUT2D eigenvalue weighted by atomic mass is 79.9. The van der Waals surface area contributed by atoms with Gasteiger partial charge < -0.3 is 10.2 Å². The van der Waals surface area contributed by atoms with Crippen molar-refractivity contribution in [1.82, 2.24) is 19.9 Å². The zero-order chi connectivity index (χ0) is 22.4. The van der Waals surface area contributed by atoms with Gasteiger partial charge in [-0.1, -0.05) is 22.0 Å². The maximum atomic E-state index is 5.87. The van der Waals surface area contributed by atoms with Crippen molar-refractivity contribution >= 4 is 50.3 Å². The fourth-order valence-corrected chi connectivity index (χ4v) is 5.78. The Kier molecular flexibility index (Phi) is 5.61. The Morgan fingerprint density at radius 1 is 1.06 bits per heavy atom. The van der Waals surface area contributed by atoms with Crippen LogP contribution < -0.4 is 10.2 Å². The SMILES string of the molecule is Cc1cc(N2C(=S)N[C@H](c3ccccn3)[C@@H]2c2cc(C)n(-c3nccs3)c2C)ccc1Br. The summed E-state index contributed by atoms with van der Waals surface area (Å²) in [7, 11) is 0. The van der Waals surface area contributed by atoms with Gasteiger partial charge in [0.15, 0.2) is 10.2 Å². The van der Waals surface area contributed by atoms with Crippen LogP contribution in [0.15, 0.2) is 64.7 Å². The molecule has 3 aromatic heterocycles. The van der Waals surface area contributed by atoms with E-state index < -0.39 is 0 Å². The minimum absolute atomic E-state index is 0.0436. The van der Waals surface area contributed by atoms with Crippen molar-refractivity contribution in [2.24, 2.45) is 0 Å². The number of nitrogens with one attached hydrogen (secondary N) is 1. The summed E-state index contributed by atoms with van der Waals surface area (Å²) in [6.45, 7) is 6.38. The monoisotopic (exact) mass is 523 g/mol. The predicted octanol–water partition coefficient (Wildman–Crippen LogP) is 6.19. The zero-order valence-corrected chi connectivity index (χ0v) is 21.1. The standard InChI is InChI=1S/C24H22BrN5S2/c1-14-12-17(7-8-19(14)25)30-22(21(28-23(30)31)20-6-4-5-9-26-20)18-13-15(2)29(16(18)3)24-27-10-11-32-24/h4-13,21-22H,1-3H3,(H,28,31)/t21-,22+/m1/s1. The van der Waals surface area contributed by atoms with Crippen LogP contribution in [0.3, 0.4) is 0 Å². The van der Waals surface area contributed by atoms with Gasteiger partial charge in [-0.05, 0) is 80.5 Å². The number of thiazole rings is 1. The Morgan fingerprint density at radius 3 is 2.59 bits per heavy atom. The number of halogens is 1. The van der Waals surface area contributed by atoms with Crippen molar-refractivity contribution in [3.05, 3.63) is 92.9 Å². The molecule has 2 atom stereocenters. The molecule has 1 aliphatic rings. The highest BCUT2D eigenvalue weighted by molar-refractivity contribution is 9.10. The Morgan fingerprint density at radius 2 is 1.91 bits per heavy atom. The van der Waals surface area contributed by atoms with Crippen LogP contribution in [0.5, 0.6) is 0 Å². The van der Waals surface area contributed by atoms with E-state index in [4.69, 9.17) is 12.2 Å². The van der Waals surface area contributed by atoms with Gasteiger partial charge in [0.25, 0.3) is 0 Å². The lowest BCUT2D eigenvalue weighted by atomic mass is 9.96. The number of aryl methyl sites for hydroxylation is 2. The maximum Gasteiger partial charge on any atom is 0.193 e. The van der Waals surface area contributed by atoms with Gasteiger partial charge in [0.05, 0.1) is 17.8 Å². The average molecular weight is 525 g/mol. The van der Waals surface area contributed by atoms with Crippen LogP contribution in [0.4, 0.5) is 5.69 Å². The molecule has 1 N–H and O–H groups in total. The number of thiocarbonyl (C=S) groups is 1. The number of rotatable bonds is 4. The quantitative estimate of drug-likeness (QED) is 0.323. The second-order valence-corrected chi connectivity index (χ2v) is 10.0. The molecule has 5 nitrogen and oxygen atoms in total. The molecule has 1 aliphatic heterocycles. The molecule has 1 fully saturated rings. The second-order valence-electron chi connectivity index (χ2n) is 7.91. The molecule has 4 heterocycles. The van der Waals surface area contributed by atoms with E-state index in [0.717, 1.165) is 32.4 Å². The summed E-state index contributed by atoms with van der Waals surface area (Å²) in [4.78, 5) is 11.4. The van der Waals surface area contributed by atoms with E-state index in [0.29, 0.717) is 5.11 Å². The molecule has 0 amide bonds. The molecule has 4 aromatic rings. The fraction of sp³-hybridized carbons (Fsp3) is 0.208. The first kappa shape index (κ1) is 21.3. The molecule has 0 radical (unpaired) electrons. The van der Waals surface area contributed by atoms with E-state index in [2.05, 4.69) is 91.8 Å². The number of hydrogen-bond donors (Lipinski definition) is 1. The lowest BCUT2D eigenvalue weighted by Gasteiger charge is -2.28. The third kappa shape index (κ3) is 3.56. The van der Waals surface area contributed by atoms with Crippen LogP contribution in [0.2, 0.25) is 0 Å². The van der Waals surface area contributed by atoms with Crippen LogP contribution in [0, 0.1) is 20.8 Å². The number of aromatic nitrogens is 3. The first-order chi connectivity index (χ1) is 15.5. The Hall–Kier alpha value is -2.55. The molecule has 0 spiro atoms. The van der Waals surface area contributed by atoms with Gasteiger partial charge in [-0.15, -0.1) is 11.3 Å². The van der Waals surface area contributed by atoms with E-state index in [-0.39, 0.29) is 12.1 Å². The van der Waals surface area contributed by atoms with Crippen LogP contribution >= 0.6 is 39.5 Å². The summed E-state index contributed by atoms with van der Waals surface area (Å²) < 4.78 is 3.31. The van der Waals surface area contributed by atoms with Crippen molar-refractivity contribution in [2.75, 3.05) is 4.90 Å². The molecular formula is C24H22BrN5S2.